The lowest BCUT2D eigenvalue weighted by molar-refractivity contribution is 0.293. The molecule has 120 valence electrons. The smallest absolute Gasteiger partial charge is 0.225 e. The average Bonchev–Trinajstić information content (AvgIpc) is 3.05. The maximum Gasteiger partial charge on any atom is 0.225 e. The maximum atomic E-state index is 6.03. The Morgan fingerprint density at radius 2 is 2.22 bits per heavy atom. The Morgan fingerprint density at radius 1 is 1.35 bits per heavy atom. The lowest BCUT2D eigenvalue weighted by Gasteiger charge is -2.18. The predicted molar refractivity (Wildman–Crippen MR) is 88.9 cm³/mol. The van der Waals surface area contributed by atoms with Gasteiger partial charge < -0.3 is 9.26 Å². The molecule has 0 unspecified atom stereocenters. The van der Waals surface area contributed by atoms with Gasteiger partial charge in [0, 0.05) is 4.88 Å². The molecule has 23 heavy (non-hydrogen) atoms. The largest absolute Gasteiger partial charge is 0.472 e. The molecule has 0 fully saturated rings. The van der Waals surface area contributed by atoms with Gasteiger partial charge in [-0.15, -0.1) is 11.3 Å². The zero-order chi connectivity index (χ0) is 16.0. The minimum atomic E-state index is 0.425. The molecule has 0 aromatic carbocycles. The zero-order valence-corrected chi connectivity index (χ0v) is 14.4. The molecular formula is C17H19N3O2S. The first-order valence-corrected chi connectivity index (χ1v) is 8.75. The first-order valence-electron chi connectivity index (χ1n) is 7.93. The van der Waals surface area contributed by atoms with Gasteiger partial charge in [-0.2, -0.15) is 0 Å². The molecule has 0 saturated carbocycles. The molecule has 5 nitrogen and oxygen atoms in total. The molecular weight excluding hydrogens is 310 g/mol. The van der Waals surface area contributed by atoms with Crippen LogP contribution in [-0.2, 0) is 19.4 Å². The third kappa shape index (κ3) is 2.51. The number of hydrogen-bond acceptors (Lipinski definition) is 6. The van der Waals surface area contributed by atoms with Crippen molar-refractivity contribution in [3.8, 4) is 5.88 Å². The van der Waals surface area contributed by atoms with Crippen LogP contribution in [0.25, 0.3) is 10.2 Å². The highest BCUT2D eigenvalue weighted by Crippen LogP contribution is 2.40. The van der Waals surface area contributed by atoms with Gasteiger partial charge in [0.2, 0.25) is 5.88 Å². The van der Waals surface area contributed by atoms with Gasteiger partial charge in [-0.1, -0.05) is 12.1 Å². The van der Waals surface area contributed by atoms with E-state index in [9.17, 15) is 0 Å². The number of aromatic nitrogens is 3. The lowest BCUT2D eigenvalue weighted by Crippen LogP contribution is -2.09. The van der Waals surface area contributed by atoms with Crippen LogP contribution >= 0.6 is 11.3 Å². The van der Waals surface area contributed by atoms with E-state index in [2.05, 4.69) is 22.0 Å². The van der Waals surface area contributed by atoms with Crippen LogP contribution in [0.5, 0.6) is 5.88 Å². The number of thiophene rings is 1. The molecule has 3 aromatic heterocycles. The van der Waals surface area contributed by atoms with Crippen LogP contribution in [0.2, 0.25) is 0 Å². The molecule has 0 radical (unpaired) electrons. The Labute approximate surface area is 138 Å². The fraction of sp³-hybridized carbons (Fsp3) is 0.471. The topological polar surface area (TPSA) is 61.0 Å². The summed E-state index contributed by atoms with van der Waals surface area (Å²) in [6, 6.07) is 0. The minimum Gasteiger partial charge on any atom is -0.472 e. The van der Waals surface area contributed by atoms with Crippen LogP contribution in [0.4, 0.5) is 0 Å². The van der Waals surface area contributed by atoms with Gasteiger partial charge >= 0.3 is 0 Å². The summed E-state index contributed by atoms with van der Waals surface area (Å²) >= 11 is 1.79. The van der Waals surface area contributed by atoms with Gasteiger partial charge in [-0.25, -0.2) is 9.97 Å². The van der Waals surface area contributed by atoms with Crippen molar-refractivity contribution in [1.29, 1.82) is 0 Å². The van der Waals surface area contributed by atoms with Gasteiger partial charge in [0.05, 0.1) is 16.6 Å². The molecule has 1 aliphatic rings. The van der Waals surface area contributed by atoms with E-state index in [0.29, 0.717) is 12.5 Å². The summed E-state index contributed by atoms with van der Waals surface area (Å²) < 4.78 is 11.2. The summed E-state index contributed by atoms with van der Waals surface area (Å²) in [5.74, 6) is 2.23. The average molecular weight is 329 g/mol. The van der Waals surface area contributed by atoms with Gasteiger partial charge in [-0.05, 0) is 44.6 Å². The minimum absolute atomic E-state index is 0.425. The summed E-state index contributed by atoms with van der Waals surface area (Å²) in [6.07, 6.45) is 5.04. The molecule has 3 aromatic rings. The van der Waals surface area contributed by atoms with Crippen molar-refractivity contribution < 1.29 is 9.26 Å². The van der Waals surface area contributed by atoms with Gasteiger partial charge in [0.25, 0.3) is 0 Å². The van der Waals surface area contributed by atoms with Crippen LogP contribution in [-0.4, -0.2) is 15.1 Å². The third-order valence-corrected chi connectivity index (χ3v) is 5.75. The normalized spacial score (nSPS) is 17.4. The molecule has 4 rings (SSSR count). The van der Waals surface area contributed by atoms with Crippen molar-refractivity contribution in [3.05, 3.63) is 33.8 Å². The standard InChI is InChI=1S/C17H19N3O2S/c1-9-4-5-12-14(6-9)23-17-15(12)16(18-8-19-17)21-7-13-10(2)20-22-11(13)3/h8-9H,4-7H2,1-3H3/t9-/m0/s1. The maximum absolute atomic E-state index is 6.03. The summed E-state index contributed by atoms with van der Waals surface area (Å²) in [4.78, 5) is 11.3. The monoisotopic (exact) mass is 329 g/mol. The molecule has 0 spiro atoms. The molecule has 0 bridgehead atoms. The number of nitrogens with zero attached hydrogens (tertiary/aromatic N) is 3. The number of fused-ring (bicyclic) bond motifs is 3. The van der Waals surface area contributed by atoms with Crippen LogP contribution in [0.15, 0.2) is 10.9 Å². The molecule has 1 atom stereocenters. The highest BCUT2D eigenvalue weighted by molar-refractivity contribution is 7.18. The lowest BCUT2D eigenvalue weighted by atomic mass is 9.89. The van der Waals surface area contributed by atoms with Crippen LogP contribution in [0, 0.1) is 19.8 Å². The first kappa shape index (κ1) is 14.6. The Morgan fingerprint density at radius 3 is 3.00 bits per heavy atom. The second-order valence-corrected chi connectivity index (χ2v) is 7.39. The highest BCUT2D eigenvalue weighted by Gasteiger charge is 2.24. The third-order valence-electron chi connectivity index (χ3n) is 4.59. The van der Waals surface area contributed by atoms with Gasteiger partial charge in [-0.3, -0.25) is 0 Å². The van der Waals surface area contributed by atoms with E-state index in [-0.39, 0.29) is 0 Å². The van der Waals surface area contributed by atoms with E-state index in [1.165, 1.54) is 16.9 Å². The van der Waals surface area contributed by atoms with E-state index in [1.807, 2.05) is 13.8 Å². The molecule has 0 aliphatic heterocycles. The van der Waals surface area contributed by atoms with Crippen molar-refractivity contribution in [2.24, 2.45) is 5.92 Å². The van der Waals surface area contributed by atoms with Crippen molar-refractivity contribution in [2.45, 2.75) is 46.6 Å². The molecule has 1 aliphatic carbocycles. The fourth-order valence-electron chi connectivity index (χ4n) is 3.20. The summed E-state index contributed by atoms with van der Waals surface area (Å²) in [5.41, 5.74) is 3.25. The van der Waals surface area contributed by atoms with E-state index in [0.717, 1.165) is 46.0 Å². The van der Waals surface area contributed by atoms with Gasteiger partial charge in [0.1, 0.15) is 23.5 Å². The summed E-state index contributed by atoms with van der Waals surface area (Å²) in [5, 5.41) is 5.08. The number of rotatable bonds is 3. The Hall–Kier alpha value is -1.95. The molecule has 0 amide bonds. The zero-order valence-electron chi connectivity index (χ0n) is 13.5. The summed E-state index contributed by atoms with van der Waals surface area (Å²) in [7, 11) is 0. The SMILES string of the molecule is Cc1noc(C)c1COc1ncnc2sc3c(c12)CC[C@H](C)C3. The Bertz CT molecular complexity index is 849. The van der Waals surface area contributed by atoms with Crippen molar-refractivity contribution in [1.82, 2.24) is 15.1 Å². The number of ether oxygens (including phenoxy) is 1. The molecule has 6 heteroatoms. The van der Waals surface area contributed by atoms with E-state index < -0.39 is 0 Å². The Kier molecular flexibility index (Phi) is 3.56. The van der Waals surface area contributed by atoms with Crippen LogP contribution < -0.4 is 4.74 Å². The fourth-order valence-corrected chi connectivity index (χ4v) is 4.55. The molecule has 3 heterocycles. The van der Waals surface area contributed by atoms with E-state index in [1.54, 1.807) is 17.7 Å². The Balaban J connectivity index is 1.70. The first-order chi connectivity index (χ1) is 11.1. The van der Waals surface area contributed by atoms with Gasteiger partial charge in [0.15, 0.2) is 0 Å². The second-order valence-electron chi connectivity index (χ2n) is 6.30. The predicted octanol–water partition coefficient (Wildman–Crippen LogP) is 4.00. The van der Waals surface area contributed by atoms with Crippen LogP contribution in [0.3, 0.4) is 0 Å². The molecule has 0 saturated heterocycles. The number of aryl methyl sites for hydroxylation is 3. The molecule has 0 N–H and O–H groups in total. The number of hydrogen-bond donors (Lipinski definition) is 0. The van der Waals surface area contributed by atoms with Crippen molar-refractivity contribution in [2.75, 3.05) is 0 Å². The van der Waals surface area contributed by atoms with Crippen molar-refractivity contribution in [3.63, 3.8) is 0 Å². The summed E-state index contributed by atoms with van der Waals surface area (Å²) in [6.45, 7) is 6.57. The van der Waals surface area contributed by atoms with E-state index >= 15 is 0 Å². The van der Waals surface area contributed by atoms with Crippen molar-refractivity contribution >= 4 is 21.6 Å². The van der Waals surface area contributed by atoms with E-state index in [4.69, 9.17) is 9.26 Å². The quantitative estimate of drug-likeness (QED) is 0.727. The van der Waals surface area contributed by atoms with Crippen LogP contribution in [0.1, 0.15) is 40.8 Å². The second kappa shape index (κ2) is 5.60. The highest BCUT2D eigenvalue weighted by atomic mass is 32.1.